The third kappa shape index (κ3) is 4.21. The first kappa shape index (κ1) is 19.3. The number of piperidine rings is 1. The number of fused-ring (bicyclic) bond motifs is 1. The summed E-state index contributed by atoms with van der Waals surface area (Å²) in [6.45, 7) is 4.20. The molecule has 0 saturated carbocycles. The molecule has 0 unspecified atom stereocenters. The highest BCUT2D eigenvalue weighted by Crippen LogP contribution is 2.32. The van der Waals surface area contributed by atoms with Gasteiger partial charge in [-0.2, -0.15) is 0 Å². The Morgan fingerprint density at radius 2 is 1.72 bits per heavy atom. The molecule has 2 aromatic carbocycles. The summed E-state index contributed by atoms with van der Waals surface area (Å²) in [4.78, 5) is 29.5. The molecule has 4 rings (SSSR count). The summed E-state index contributed by atoms with van der Waals surface area (Å²) < 4.78 is 0. The number of carbonyl (C=O) groups excluding carboxylic acids is 2. The van der Waals surface area contributed by atoms with Crippen LogP contribution in [0.4, 0.5) is 22.7 Å². The fourth-order valence-electron chi connectivity index (χ4n) is 4.26. The molecule has 2 N–H and O–H groups in total. The number of nitrogens with one attached hydrogen (secondary N) is 2. The molecular weight excluding hydrogens is 364 g/mol. The Morgan fingerprint density at radius 1 is 1.03 bits per heavy atom. The van der Waals surface area contributed by atoms with Crippen molar-refractivity contribution < 1.29 is 9.59 Å². The maximum atomic E-state index is 13.2. The topological polar surface area (TPSA) is 64.7 Å². The number of rotatable bonds is 4. The normalized spacial score (nSPS) is 19.2. The molecule has 2 heterocycles. The number of carbonyl (C=O) groups is 2. The molecule has 152 valence electrons. The quantitative estimate of drug-likeness (QED) is 0.829. The molecule has 0 bridgehead atoms. The van der Waals surface area contributed by atoms with E-state index in [1.807, 2.05) is 49.4 Å². The predicted octanol–water partition coefficient (Wildman–Crippen LogP) is 3.85. The van der Waals surface area contributed by atoms with Crippen molar-refractivity contribution >= 4 is 34.6 Å². The van der Waals surface area contributed by atoms with Crippen molar-refractivity contribution in [2.45, 2.75) is 38.6 Å². The van der Waals surface area contributed by atoms with Gasteiger partial charge in [0.25, 0.3) is 0 Å². The number of anilines is 4. The van der Waals surface area contributed by atoms with E-state index in [-0.39, 0.29) is 30.8 Å². The standard InChI is InChI=1S/C23H28N4O2/c1-17-15-22(28)25-19-10-4-6-12-21(19)27(17)23(29)16-24-18-9-3-5-11-20(18)26-13-7-2-8-14-26/h3-6,9-12,17,24H,2,7-8,13-16H2,1H3,(H,25,28)/t17-/m0/s1. The third-order valence-electron chi connectivity index (χ3n) is 5.66. The number of hydrogen-bond acceptors (Lipinski definition) is 4. The fourth-order valence-corrected chi connectivity index (χ4v) is 4.26. The van der Waals surface area contributed by atoms with Crippen LogP contribution in [0.1, 0.15) is 32.6 Å². The van der Waals surface area contributed by atoms with Crippen molar-refractivity contribution in [2.24, 2.45) is 0 Å². The highest BCUT2D eigenvalue weighted by molar-refractivity contribution is 6.05. The molecule has 29 heavy (non-hydrogen) atoms. The van der Waals surface area contributed by atoms with Gasteiger partial charge in [0.2, 0.25) is 11.8 Å². The molecule has 0 aliphatic carbocycles. The molecule has 2 aliphatic heterocycles. The minimum atomic E-state index is -0.203. The lowest BCUT2D eigenvalue weighted by Crippen LogP contribution is -2.42. The van der Waals surface area contributed by atoms with Gasteiger partial charge in [0, 0.05) is 25.6 Å². The van der Waals surface area contributed by atoms with E-state index < -0.39 is 0 Å². The predicted molar refractivity (Wildman–Crippen MR) is 118 cm³/mol. The monoisotopic (exact) mass is 392 g/mol. The van der Waals surface area contributed by atoms with E-state index in [1.165, 1.54) is 19.3 Å². The summed E-state index contributed by atoms with van der Waals surface area (Å²) in [7, 11) is 0. The van der Waals surface area contributed by atoms with Crippen LogP contribution in [0.15, 0.2) is 48.5 Å². The maximum Gasteiger partial charge on any atom is 0.246 e. The van der Waals surface area contributed by atoms with Crippen molar-refractivity contribution in [3.05, 3.63) is 48.5 Å². The highest BCUT2D eigenvalue weighted by atomic mass is 16.2. The van der Waals surface area contributed by atoms with Crippen LogP contribution < -0.4 is 20.4 Å². The Hall–Kier alpha value is -3.02. The van der Waals surface area contributed by atoms with Gasteiger partial charge in [0.05, 0.1) is 29.3 Å². The minimum Gasteiger partial charge on any atom is -0.374 e. The second kappa shape index (κ2) is 8.55. The number of nitrogens with zero attached hydrogens (tertiary/aromatic N) is 2. The van der Waals surface area contributed by atoms with Crippen molar-refractivity contribution in [1.29, 1.82) is 0 Å². The summed E-state index contributed by atoms with van der Waals surface area (Å²) in [6.07, 6.45) is 3.97. The molecule has 0 radical (unpaired) electrons. The lowest BCUT2D eigenvalue weighted by atomic mass is 10.1. The van der Waals surface area contributed by atoms with Gasteiger partial charge in [0.15, 0.2) is 0 Å². The van der Waals surface area contributed by atoms with Crippen molar-refractivity contribution in [1.82, 2.24) is 0 Å². The molecular formula is C23H28N4O2. The first-order valence-electron chi connectivity index (χ1n) is 10.4. The zero-order chi connectivity index (χ0) is 20.2. The highest BCUT2D eigenvalue weighted by Gasteiger charge is 2.29. The van der Waals surface area contributed by atoms with Gasteiger partial charge in [-0.05, 0) is 50.5 Å². The lowest BCUT2D eigenvalue weighted by molar-refractivity contribution is -0.118. The van der Waals surface area contributed by atoms with E-state index in [4.69, 9.17) is 0 Å². The van der Waals surface area contributed by atoms with Gasteiger partial charge in [-0.25, -0.2) is 0 Å². The Morgan fingerprint density at radius 3 is 2.52 bits per heavy atom. The molecule has 6 heteroatoms. The van der Waals surface area contributed by atoms with Crippen LogP contribution in [0.5, 0.6) is 0 Å². The van der Waals surface area contributed by atoms with Crippen molar-refractivity contribution in [2.75, 3.05) is 40.1 Å². The molecule has 0 aromatic heterocycles. The first-order valence-corrected chi connectivity index (χ1v) is 10.4. The maximum absolute atomic E-state index is 13.2. The molecule has 1 fully saturated rings. The summed E-state index contributed by atoms with van der Waals surface area (Å²) in [5, 5.41) is 6.26. The molecule has 1 saturated heterocycles. The second-order valence-corrected chi connectivity index (χ2v) is 7.80. The number of hydrogen-bond donors (Lipinski definition) is 2. The van der Waals surface area contributed by atoms with Crippen LogP contribution in [-0.2, 0) is 9.59 Å². The first-order chi connectivity index (χ1) is 14.1. The van der Waals surface area contributed by atoms with Crippen LogP contribution >= 0.6 is 0 Å². The Balaban J connectivity index is 1.52. The largest absolute Gasteiger partial charge is 0.374 e. The van der Waals surface area contributed by atoms with Crippen LogP contribution in [-0.4, -0.2) is 37.5 Å². The SMILES string of the molecule is C[C@H]1CC(=O)Nc2ccccc2N1C(=O)CNc1ccccc1N1CCCCC1. The summed E-state index contributed by atoms with van der Waals surface area (Å²) in [5.74, 6) is -0.112. The second-order valence-electron chi connectivity index (χ2n) is 7.80. The van der Waals surface area contributed by atoms with E-state index >= 15 is 0 Å². The van der Waals surface area contributed by atoms with Gasteiger partial charge in [-0.3, -0.25) is 9.59 Å². The van der Waals surface area contributed by atoms with Crippen molar-refractivity contribution in [3.63, 3.8) is 0 Å². The van der Waals surface area contributed by atoms with Crippen LogP contribution in [0.3, 0.4) is 0 Å². The number of para-hydroxylation sites is 4. The average Bonchev–Trinajstić information content (AvgIpc) is 2.87. The average molecular weight is 393 g/mol. The molecule has 2 aliphatic rings. The molecule has 0 spiro atoms. The van der Waals surface area contributed by atoms with Crippen molar-refractivity contribution in [3.8, 4) is 0 Å². The smallest absolute Gasteiger partial charge is 0.246 e. The van der Waals surface area contributed by atoms with Gasteiger partial charge in [0.1, 0.15) is 0 Å². The van der Waals surface area contributed by atoms with E-state index in [9.17, 15) is 9.59 Å². The zero-order valence-corrected chi connectivity index (χ0v) is 16.9. The van der Waals surface area contributed by atoms with E-state index in [1.54, 1.807) is 4.90 Å². The van der Waals surface area contributed by atoms with Crippen LogP contribution in [0.25, 0.3) is 0 Å². The molecule has 2 aromatic rings. The van der Waals surface area contributed by atoms with Crippen LogP contribution in [0, 0.1) is 0 Å². The summed E-state index contributed by atoms with van der Waals surface area (Å²) in [5.41, 5.74) is 3.57. The van der Waals surface area contributed by atoms with E-state index in [0.29, 0.717) is 5.69 Å². The van der Waals surface area contributed by atoms with Gasteiger partial charge in [-0.1, -0.05) is 24.3 Å². The number of amides is 2. The fraction of sp³-hybridized carbons (Fsp3) is 0.391. The Kier molecular flexibility index (Phi) is 5.69. The van der Waals surface area contributed by atoms with Gasteiger partial charge >= 0.3 is 0 Å². The molecule has 6 nitrogen and oxygen atoms in total. The Bertz CT molecular complexity index is 892. The minimum absolute atomic E-state index is 0.0464. The van der Waals surface area contributed by atoms with Gasteiger partial charge in [-0.15, -0.1) is 0 Å². The Labute approximate surface area is 171 Å². The van der Waals surface area contributed by atoms with E-state index in [0.717, 1.165) is 30.2 Å². The van der Waals surface area contributed by atoms with Crippen LogP contribution in [0.2, 0.25) is 0 Å². The number of benzene rings is 2. The zero-order valence-electron chi connectivity index (χ0n) is 16.9. The lowest BCUT2D eigenvalue weighted by Gasteiger charge is -2.31. The molecule has 1 atom stereocenters. The van der Waals surface area contributed by atoms with Gasteiger partial charge < -0.3 is 20.4 Å². The third-order valence-corrected chi connectivity index (χ3v) is 5.66. The summed E-state index contributed by atoms with van der Waals surface area (Å²) >= 11 is 0. The van der Waals surface area contributed by atoms with E-state index in [2.05, 4.69) is 21.6 Å². The molecule has 2 amide bonds. The summed E-state index contributed by atoms with van der Waals surface area (Å²) in [6, 6.07) is 15.5.